The maximum Gasteiger partial charge on any atom is 0.328 e. The van der Waals surface area contributed by atoms with E-state index in [-0.39, 0.29) is 36.1 Å². The quantitative estimate of drug-likeness (QED) is 0.476. The lowest BCUT2D eigenvalue weighted by Gasteiger charge is -2.36. The van der Waals surface area contributed by atoms with E-state index >= 15 is 0 Å². The summed E-state index contributed by atoms with van der Waals surface area (Å²) in [6.07, 6.45) is 6.50. The van der Waals surface area contributed by atoms with Crippen LogP contribution in [0, 0.1) is 11.3 Å². The second-order valence-electron chi connectivity index (χ2n) is 10.3. The van der Waals surface area contributed by atoms with E-state index in [1.54, 1.807) is 25.1 Å². The molecule has 3 amide bonds. The smallest absolute Gasteiger partial charge is 0.328 e. The molecule has 1 aliphatic carbocycles. The summed E-state index contributed by atoms with van der Waals surface area (Å²) < 4.78 is 11.0. The van der Waals surface area contributed by atoms with Gasteiger partial charge in [-0.2, -0.15) is 5.26 Å². The van der Waals surface area contributed by atoms with Gasteiger partial charge in [-0.3, -0.25) is 19.8 Å². The second kappa shape index (κ2) is 12.0. The molecule has 0 spiro atoms. The van der Waals surface area contributed by atoms with Gasteiger partial charge in [0.05, 0.1) is 23.4 Å². The lowest BCUT2D eigenvalue weighted by molar-refractivity contribution is -0.140. The first-order valence-electron chi connectivity index (χ1n) is 13.5. The minimum Gasteiger partial charge on any atom is -0.379 e. The lowest BCUT2D eigenvalue weighted by Crippen LogP contribution is -2.44. The summed E-state index contributed by atoms with van der Waals surface area (Å²) in [6.45, 7) is 1.21. The van der Waals surface area contributed by atoms with Crippen LogP contribution in [-0.2, 0) is 27.2 Å². The largest absolute Gasteiger partial charge is 0.379 e. The molecule has 3 atom stereocenters. The van der Waals surface area contributed by atoms with Crippen molar-refractivity contribution in [1.29, 1.82) is 5.26 Å². The molecule has 210 valence electrons. The molecule has 5 rings (SSSR count). The Morgan fingerprint density at radius 1 is 1.30 bits per heavy atom. The predicted molar refractivity (Wildman–Crippen MR) is 146 cm³/mol. The van der Waals surface area contributed by atoms with E-state index < -0.39 is 12.1 Å². The van der Waals surface area contributed by atoms with Crippen molar-refractivity contribution in [1.82, 2.24) is 14.9 Å². The van der Waals surface area contributed by atoms with E-state index in [1.165, 1.54) is 11.1 Å². The number of anilines is 3. The molecule has 2 fully saturated rings. The number of carbonyl (C=O) groups is 3. The fourth-order valence-corrected chi connectivity index (χ4v) is 5.36. The minimum atomic E-state index is -0.448. The number of carbonyl (C=O) groups excluding carboxylic acids is 3. The van der Waals surface area contributed by atoms with Crippen LogP contribution in [0.2, 0.25) is 0 Å². The van der Waals surface area contributed by atoms with Crippen LogP contribution in [0.25, 0.3) is 0 Å². The number of rotatable bonds is 8. The van der Waals surface area contributed by atoms with Gasteiger partial charge in [0.2, 0.25) is 0 Å². The number of nitriles is 1. The van der Waals surface area contributed by atoms with Crippen molar-refractivity contribution in [3.63, 3.8) is 0 Å². The van der Waals surface area contributed by atoms with Gasteiger partial charge in [-0.05, 0) is 50.2 Å². The van der Waals surface area contributed by atoms with Crippen molar-refractivity contribution in [2.75, 3.05) is 42.8 Å². The van der Waals surface area contributed by atoms with Gasteiger partial charge in [0.1, 0.15) is 29.5 Å². The number of aryl methyl sites for hydroxylation is 1. The highest BCUT2D eigenvalue weighted by Gasteiger charge is 2.32. The van der Waals surface area contributed by atoms with Crippen molar-refractivity contribution < 1.29 is 23.9 Å². The summed E-state index contributed by atoms with van der Waals surface area (Å²) in [5, 5.41) is 15.7. The van der Waals surface area contributed by atoms with E-state index in [9.17, 15) is 19.6 Å². The molecule has 3 aliphatic rings. The Labute approximate surface area is 232 Å². The summed E-state index contributed by atoms with van der Waals surface area (Å²) in [5.74, 6) is 0.576. The van der Waals surface area contributed by atoms with Crippen LogP contribution in [0.5, 0.6) is 0 Å². The summed E-state index contributed by atoms with van der Waals surface area (Å²) in [5.41, 5.74) is 2.58. The predicted octanol–water partition coefficient (Wildman–Crippen LogP) is 2.87. The maximum atomic E-state index is 13.4. The molecule has 1 saturated heterocycles. The molecular weight excluding hydrogens is 514 g/mol. The van der Waals surface area contributed by atoms with Gasteiger partial charge in [-0.25, -0.2) is 14.8 Å². The fraction of sp³-hybridized carbons (Fsp3) is 0.500. The number of hydrogen-bond acceptors (Lipinski definition) is 9. The average molecular weight is 548 g/mol. The van der Waals surface area contributed by atoms with Crippen molar-refractivity contribution in [2.45, 2.75) is 63.3 Å². The molecule has 0 unspecified atom stereocenters. The van der Waals surface area contributed by atoms with Crippen molar-refractivity contribution in [3.05, 3.63) is 40.7 Å². The topological polar surface area (TPSA) is 150 Å². The van der Waals surface area contributed by atoms with Crippen LogP contribution in [0.15, 0.2) is 18.3 Å². The Balaban J connectivity index is 1.32. The number of aromatic nitrogens is 2. The Hall–Kier alpha value is -4.08. The first kappa shape index (κ1) is 27.5. The highest BCUT2D eigenvalue weighted by atomic mass is 16.5. The number of aldehydes is 1. The van der Waals surface area contributed by atoms with Crippen LogP contribution in [-0.4, -0.2) is 78.7 Å². The zero-order valence-electron chi connectivity index (χ0n) is 22.7. The summed E-state index contributed by atoms with van der Waals surface area (Å²) >= 11 is 0. The first-order chi connectivity index (χ1) is 19.4. The Morgan fingerprint density at radius 3 is 2.83 bits per heavy atom. The van der Waals surface area contributed by atoms with Gasteiger partial charge < -0.3 is 19.7 Å². The van der Waals surface area contributed by atoms with E-state index in [4.69, 9.17) is 9.47 Å². The van der Waals surface area contributed by atoms with Gasteiger partial charge in [-0.1, -0.05) is 0 Å². The fourth-order valence-electron chi connectivity index (χ4n) is 5.36. The summed E-state index contributed by atoms with van der Waals surface area (Å²) in [4.78, 5) is 49.9. The standard InChI is InChI=1S/C28H33N7O5/c1-34(27(37)24-6-4-10-40-24)15-18-11-17-5-3-9-35(26(17)32-22(18)16-36)28(38)33-25-12-21(19(13-29)14-30-25)31-20-7-8-23(20)39-2/h11-12,14,16,20,23-24H,3-10,15H2,1-2H3,(H2,30,31,33,38)/t20-,23-,24-/m1/s1. The van der Waals surface area contributed by atoms with Crippen LogP contribution in [0.1, 0.15) is 59.3 Å². The van der Waals surface area contributed by atoms with Gasteiger partial charge >= 0.3 is 6.03 Å². The second-order valence-corrected chi connectivity index (χ2v) is 10.3. The molecule has 2 N–H and O–H groups in total. The van der Waals surface area contributed by atoms with Crippen molar-refractivity contribution in [3.8, 4) is 6.07 Å². The minimum absolute atomic E-state index is 0.0690. The third kappa shape index (κ3) is 5.61. The number of methoxy groups -OCH3 is 1. The molecular formula is C28H33N7O5. The van der Waals surface area contributed by atoms with E-state index in [2.05, 4.69) is 26.7 Å². The van der Waals surface area contributed by atoms with Crippen molar-refractivity contribution >= 4 is 35.5 Å². The van der Waals surface area contributed by atoms with E-state index in [1.807, 2.05) is 6.07 Å². The zero-order valence-corrected chi connectivity index (χ0v) is 22.7. The SMILES string of the molecule is CO[C@@H]1CC[C@H]1Nc1cc(NC(=O)N2CCCc3cc(CN(C)C(=O)[C@H]4CCCO4)c(C=O)nc32)ncc1C#N. The van der Waals surface area contributed by atoms with Crippen LogP contribution >= 0.6 is 0 Å². The number of fused-ring (bicyclic) bond motifs is 1. The summed E-state index contributed by atoms with van der Waals surface area (Å²) in [6, 6.07) is 5.27. The monoisotopic (exact) mass is 547 g/mol. The molecule has 0 radical (unpaired) electrons. The number of pyridine rings is 2. The van der Waals surface area contributed by atoms with Gasteiger partial charge in [-0.15, -0.1) is 0 Å². The lowest BCUT2D eigenvalue weighted by atomic mass is 9.88. The Bertz CT molecular complexity index is 1340. The van der Waals surface area contributed by atoms with E-state index in [0.717, 1.165) is 24.8 Å². The van der Waals surface area contributed by atoms with Crippen molar-refractivity contribution in [2.24, 2.45) is 0 Å². The normalized spacial score (nSPS) is 21.5. The number of hydrogen-bond donors (Lipinski definition) is 2. The molecule has 40 heavy (non-hydrogen) atoms. The zero-order chi connectivity index (χ0) is 28.2. The molecule has 4 heterocycles. The maximum absolute atomic E-state index is 13.4. The van der Waals surface area contributed by atoms with E-state index in [0.29, 0.717) is 61.3 Å². The van der Waals surface area contributed by atoms with Gasteiger partial charge in [0, 0.05) is 51.7 Å². The molecule has 0 aromatic carbocycles. The Morgan fingerprint density at radius 2 is 2.15 bits per heavy atom. The molecule has 2 aromatic heterocycles. The van der Waals surface area contributed by atoms with Gasteiger partial charge in [0.25, 0.3) is 5.91 Å². The number of urea groups is 1. The van der Waals surface area contributed by atoms with Crippen LogP contribution in [0.3, 0.4) is 0 Å². The molecule has 2 aromatic rings. The van der Waals surface area contributed by atoms with Gasteiger partial charge in [0.15, 0.2) is 6.29 Å². The average Bonchev–Trinajstić information content (AvgIpc) is 3.49. The number of nitrogens with zero attached hydrogens (tertiary/aromatic N) is 5. The highest BCUT2D eigenvalue weighted by Crippen LogP contribution is 2.31. The molecule has 12 nitrogen and oxygen atoms in total. The Kier molecular flexibility index (Phi) is 8.23. The third-order valence-electron chi connectivity index (χ3n) is 7.73. The number of nitrogens with one attached hydrogen (secondary N) is 2. The van der Waals surface area contributed by atoms with Crippen LogP contribution in [0.4, 0.5) is 22.1 Å². The van der Waals surface area contributed by atoms with Crippen LogP contribution < -0.4 is 15.5 Å². The first-order valence-corrected chi connectivity index (χ1v) is 13.5. The number of ether oxygens (including phenoxy) is 2. The molecule has 0 bridgehead atoms. The molecule has 2 aliphatic heterocycles. The molecule has 12 heteroatoms. The number of amides is 3. The summed E-state index contributed by atoms with van der Waals surface area (Å²) in [7, 11) is 3.35. The number of likely N-dealkylation sites (N-methyl/N-ethyl adjacent to an activating group) is 1. The highest BCUT2D eigenvalue weighted by molar-refractivity contribution is 6.02. The molecule has 1 saturated carbocycles. The third-order valence-corrected chi connectivity index (χ3v) is 7.73.